The van der Waals surface area contributed by atoms with Gasteiger partial charge >= 0.3 is 0 Å². The van der Waals surface area contributed by atoms with Crippen LogP contribution >= 0.6 is 11.6 Å². The predicted molar refractivity (Wildman–Crippen MR) is 155 cm³/mol. The lowest BCUT2D eigenvalue weighted by atomic mass is 9.99. The largest absolute Gasteiger partial charge is 0.496 e. The number of hydrogen-bond acceptors (Lipinski definition) is 6. The molecule has 2 aromatic carbocycles. The number of fused-ring (bicyclic) bond motifs is 1. The van der Waals surface area contributed by atoms with Crippen molar-refractivity contribution >= 4 is 40.7 Å². The summed E-state index contributed by atoms with van der Waals surface area (Å²) in [6, 6.07) is 11.5. The quantitative estimate of drug-likeness (QED) is 0.144. The molecule has 5 rings (SSSR count). The molecule has 1 aliphatic rings. The fraction of sp³-hybridized carbons (Fsp3) is 0.276. The molecule has 0 bridgehead atoms. The molecular formula is C29H29ClFN7O3. The number of amides is 1. The molecule has 41 heavy (non-hydrogen) atoms. The SMILES string of the molecule is COc1ccc(Cl)cc1C(=O)NC1CCCCC(n2c(-c3ccccc3F)nc3cnc(C(N)=NC=N)cc32)[C@@H]1O. The maximum absolute atomic E-state index is 15.1. The van der Waals surface area contributed by atoms with E-state index in [0.29, 0.717) is 46.2 Å². The van der Waals surface area contributed by atoms with Crippen molar-refractivity contribution in [3.63, 3.8) is 0 Å². The number of methoxy groups -OCH3 is 1. The van der Waals surface area contributed by atoms with E-state index in [0.717, 1.165) is 19.2 Å². The van der Waals surface area contributed by atoms with Gasteiger partial charge in [-0.15, -0.1) is 0 Å². The topological polar surface area (TPSA) is 151 Å². The summed E-state index contributed by atoms with van der Waals surface area (Å²) in [5, 5.41) is 22.4. The third-order valence-corrected chi connectivity index (χ3v) is 7.52. The highest BCUT2D eigenvalue weighted by Crippen LogP contribution is 2.37. The number of pyridine rings is 1. The lowest BCUT2D eigenvalue weighted by Gasteiger charge is -2.30. The van der Waals surface area contributed by atoms with E-state index in [-0.39, 0.29) is 17.0 Å². The van der Waals surface area contributed by atoms with Crippen molar-refractivity contribution in [2.45, 2.75) is 43.9 Å². The molecule has 2 heterocycles. The molecule has 12 heteroatoms. The summed E-state index contributed by atoms with van der Waals surface area (Å²) in [5.74, 6) is -0.196. The number of aliphatic hydroxyl groups is 1. The monoisotopic (exact) mass is 577 g/mol. The minimum absolute atomic E-state index is 0.0316. The Labute approximate surface area is 240 Å². The van der Waals surface area contributed by atoms with Gasteiger partial charge in [-0.2, -0.15) is 0 Å². The van der Waals surface area contributed by atoms with E-state index >= 15 is 4.39 Å². The number of ether oxygens (including phenoxy) is 1. The maximum Gasteiger partial charge on any atom is 0.255 e. The Hall–Kier alpha value is -4.35. The van der Waals surface area contributed by atoms with Crippen LogP contribution in [0.2, 0.25) is 5.02 Å². The summed E-state index contributed by atoms with van der Waals surface area (Å²) in [7, 11) is 1.47. The molecule has 212 valence electrons. The number of carbonyl (C=O) groups excluding carboxylic acids is 1. The number of halogens is 2. The Morgan fingerprint density at radius 2 is 2.05 bits per heavy atom. The first kappa shape index (κ1) is 28.2. The highest BCUT2D eigenvalue weighted by Gasteiger charge is 2.35. The Morgan fingerprint density at radius 3 is 2.80 bits per heavy atom. The Balaban J connectivity index is 1.60. The van der Waals surface area contributed by atoms with Crippen LogP contribution in [-0.2, 0) is 0 Å². The molecule has 0 spiro atoms. The third kappa shape index (κ3) is 5.63. The number of hydrogen-bond donors (Lipinski definition) is 4. The second-order valence-electron chi connectivity index (χ2n) is 9.75. The Kier molecular flexibility index (Phi) is 8.27. The zero-order chi connectivity index (χ0) is 29.1. The molecule has 0 aliphatic heterocycles. The number of amidine groups is 1. The molecular weight excluding hydrogens is 549 g/mol. The number of imidazole rings is 1. The first-order valence-electron chi connectivity index (χ1n) is 13.1. The summed E-state index contributed by atoms with van der Waals surface area (Å²) in [4.78, 5) is 26.2. The molecule has 2 unspecified atom stereocenters. The van der Waals surface area contributed by atoms with Crippen LogP contribution in [0.4, 0.5) is 4.39 Å². The zero-order valence-corrected chi connectivity index (χ0v) is 23.0. The van der Waals surface area contributed by atoms with E-state index < -0.39 is 29.9 Å². The van der Waals surface area contributed by atoms with Gasteiger partial charge in [-0.05, 0) is 49.2 Å². The van der Waals surface area contributed by atoms with Gasteiger partial charge < -0.3 is 25.5 Å². The van der Waals surface area contributed by atoms with Crippen molar-refractivity contribution in [3.8, 4) is 17.1 Å². The molecule has 10 nitrogen and oxygen atoms in total. The van der Waals surface area contributed by atoms with Crippen LogP contribution in [0.25, 0.3) is 22.4 Å². The smallest absolute Gasteiger partial charge is 0.255 e. The Morgan fingerprint density at radius 1 is 1.27 bits per heavy atom. The minimum atomic E-state index is -1.06. The molecule has 0 radical (unpaired) electrons. The standard InChI is InChI=1S/C29H29ClFN7O3/c1-41-25-11-10-16(30)12-18(25)29(40)37-20-8-4-5-9-23(26(20)39)38-24-13-21(27(33)35-15-32)34-14-22(24)36-28(38)17-6-2-3-7-19(17)31/h2-3,6-7,10-15,20,23,26,39H,4-5,8-9H2,1H3,(H,37,40)(H3,32,33,35)/t20?,23?,26-/m1/s1. The predicted octanol–water partition coefficient (Wildman–Crippen LogP) is 4.49. The number of aromatic nitrogens is 3. The summed E-state index contributed by atoms with van der Waals surface area (Å²) in [6.45, 7) is 0. The molecule has 2 aromatic heterocycles. The van der Waals surface area contributed by atoms with Gasteiger partial charge in [0.15, 0.2) is 5.84 Å². The highest BCUT2D eigenvalue weighted by atomic mass is 35.5. The van der Waals surface area contributed by atoms with E-state index in [1.807, 2.05) is 0 Å². The molecule has 3 atom stereocenters. The number of nitrogens with zero attached hydrogens (tertiary/aromatic N) is 4. The van der Waals surface area contributed by atoms with Crippen LogP contribution in [0, 0.1) is 11.2 Å². The van der Waals surface area contributed by atoms with Crippen LogP contribution in [0.5, 0.6) is 5.75 Å². The molecule has 1 amide bonds. The van der Waals surface area contributed by atoms with Gasteiger partial charge in [0.25, 0.3) is 5.91 Å². The van der Waals surface area contributed by atoms with Crippen LogP contribution in [0.1, 0.15) is 47.8 Å². The van der Waals surface area contributed by atoms with Crippen molar-refractivity contribution < 1.29 is 19.0 Å². The summed E-state index contributed by atoms with van der Waals surface area (Å²) < 4.78 is 22.2. The molecule has 1 aliphatic carbocycles. The molecule has 0 saturated heterocycles. The second kappa shape index (κ2) is 12.0. The van der Waals surface area contributed by atoms with Gasteiger partial charge in [-0.1, -0.05) is 36.6 Å². The van der Waals surface area contributed by atoms with Crippen molar-refractivity contribution in [2.75, 3.05) is 7.11 Å². The average Bonchev–Trinajstić information content (AvgIpc) is 3.25. The summed E-state index contributed by atoms with van der Waals surface area (Å²) in [6.07, 6.45) is 3.84. The summed E-state index contributed by atoms with van der Waals surface area (Å²) >= 11 is 6.14. The number of benzene rings is 2. The number of nitrogens with one attached hydrogen (secondary N) is 2. The van der Waals surface area contributed by atoms with Gasteiger partial charge in [-0.3, -0.25) is 15.2 Å². The molecule has 5 N–H and O–H groups in total. The number of carbonyl (C=O) groups is 1. The fourth-order valence-corrected chi connectivity index (χ4v) is 5.49. The van der Waals surface area contributed by atoms with E-state index in [9.17, 15) is 9.90 Å². The van der Waals surface area contributed by atoms with Gasteiger partial charge in [0.05, 0.1) is 48.1 Å². The van der Waals surface area contributed by atoms with Crippen molar-refractivity contribution in [3.05, 3.63) is 76.8 Å². The minimum Gasteiger partial charge on any atom is -0.496 e. The van der Waals surface area contributed by atoms with Crippen molar-refractivity contribution in [2.24, 2.45) is 10.7 Å². The molecule has 1 saturated carbocycles. The highest BCUT2D eigenvalue weighted by molar-refractivity contribution is 6.31. The van der Waals surface area contributed by atoms with E-state index in [1.165, 1.54) is 25.4 Å². The van der Waals surface area contributed by atoms with Crippen LogP contribution in [0.15, 0.2) is 59.7 Å². The Bertz CT molecular complexity index is 1640. The number of aliphatic hydroxyl groups excluding tert-OH is 1. The normalized spacial score (nSPS) is 19.5. The lowest BCUT2D eigenvalue weighted by Crippen LogP contribution is -2.46. The van der Waals surface area contributed by atoms with E-state index in [1.54, 1.807) is 41.0 Å². The maximum atomic E-state index is 15.1. The number of nitrogens with two attached hydrogens (primary N) is 1. The molecule has 4 aromatic rings. The third-order valence-electron chi connectivity index (χ3n) is 7.28. The zero-order valence-electron chi connectivity index (χ0n) is 22.2. The van der Waals surface area contributed by atoms with Crippen molar-refractivity contribution in [1.29, 1.82) is 5.41 Å². The second-order valence-corrected chi connectivity index (χ2v) is 10.2. The van der Waals surface area contributed by atoms with Crippen molar-refractivity contribution in [1.82, 2.24) is 19.9 Å². The van der Waals surface area contributed by atoms with E-state index in [4.69, 9.17) is 32.5 Å². The van der Waals surface area contributed by atoms with Gasteiger partial charge in [0.2, 0.25) is 0 Å². The average molecular weight is 578 g/mol. The van der Waals surface area contributed by atoms with E-state index in [2.05, 4.69) is 15.3 Å². The fourth-order valence-electron chi connectivity index (χ4n) is 5.31. The van der Waals surface area contributed by atoms with Crippen LogP contribution in [-0.4, -0.2) is 57.0 Å². The first-order valence-corrected chi connectivity index (χ1v) is 13.5. The first-order chi connectivity index (χ1) is 19.8. The molecule has 1 fully saturated rings. The van der Waals surface area contributed by atoms with Gasteiger partial charge in [-0.25, -0.2) is 14.4 Å². The van der Waals surface area contributed by atoms with Gasteiger partial charge in [0, 0.05) is 5.02 Å². The van der Waals surface area contributed by atoms with Crippen LogP contribution in [0.3, 0.4) is 0 Å². The number of rotatable bonds is 7. The summed E-state index contributed by atoms with van der Waals surface area (Å²) in [5.41, 5.74) is 7.86. The van der Waals surface area contributed by atoms with Crippen LogP contribution < -0.4 is 15.8 Å². The van der Waals surface area contributed by atoms with Gasteiger partial charge in [0.1, 0.15) is 34.9 Å². The lowest BCUT2D eigenvalue weighted by molar-refractivity contribution is 0.0655. The number of aliphatic imine (C=N–C) groups is 1.